The first-order chi connectivity index (χ1) is 28.0. The first kappa shape index (κ1) is 53.3. The van der Waals surface area contributed by atoms with E-state index in [1.165, 1.54) is 19.3 Å². The van der Waals surface area contributed by atoms with Gasteiger partial charge in [0.1, 0.15) is 6.61 Å². The molecule has 0 spiro atoms. The minimum atomic E-state index is -4.46. The number of phosphoric ester groups is 1. The summed E-state index contributed by atoms with van der Waals surface area (Å²) in [5.74, 6) is -1.51. The molecule has 7 atom stereocenters. The summed E-state index contributed by atoms with van der Waals surface area (Å²) in [4.78, 5) is 35.0. The molecule has 13 heteroatoms. The normalized spacial score (nSPS) is 21.0. The van der Waals surface area contributed by atoms with Crippen molar-refractivity contribution in [3.63, 3.8) is 0 Å². The number of carbonyl (C=O) groups is 2. The monoisotopic (exact) mass is 838 g/mol. The maximum absolute atomic E-state index is 12.6. The zero-order valence-electron chi connectivity index (χ0n) is 35.3. The number of unbranched alkanes of at least 4 members (excludes halogenated alkanes) is 7. The fourth-order valence-corrected chi connectivity index (χ4v) is 7.09. The molecule has 0 aliphatic heterocycles. The molecule has 1 aliphatic carbocycles. The third kappa shape index (κ3) is 28.7. The number of esters is 2. The molecule has 0 aromatic carbocycles. The molecule has 332 valence electrons. The Morgan fingerprint density at radius 1 is 0.741 bits per heavy atom. The van der Waals surface area contributed by atoms with E-state index in [9.17, 15) is 34.4 Å². The Bertz CT molecular complexity index is 1300. The first-order valence-corrected chi connectivity index (χ1v) is 23.2. The fourth-order valence-electron chi connectivity index (χ4n) is 6.33. The van der Waals surface area contributed by atoms with Gasteiger partial charge in [-0.05, 0) is 76.5 Å². The van der Waals surface area contributed by atoms with Crippen LogP contribution in [0.1, 0.15) is 136 Å². The highest BCUT2D eigenvalue weighted by Crippen LogP contribution is 2.43. The zero-order valence-corrected chi connectivity index (χ0v) is 36.2. The lowest BCUT2D eigenvalue weighted by Crippen LogP contribution is -2.29. The van der Waals surface area contributed by atoms with Crippen LogP contribution in [0.3, 0.4) is 0 Å². The van der Waals surface area contributed by atoms with Crippen molar-refractivity contribution in [1.29, 1.82) is 0 Å². The van der Waals surface area contributed by atoms with Gasteiger partial charge in [-0.15, -0.1) is 0 Å². The molecule has 58 heavy (non-hydrogen) atoms. The highest BCUT2D eigenvalue weighted by Gasteiger charge is 2.39. The highest BCUT2D eigenvalue weighted by atomic mass is 31.2. The zero-order chi connectivity index (χ0) is 42.7. The van der Waals surface area contributed by atoms with Crippen LogP contribution in [0.4, 0.5) is 0 Å². The number of aliphatic hydroxyl groups is 3. The summed E-state index contributed by atoms with van der Waals surface area (Å²) in [6.45, 7) is 3.24. The number of rotatable bonds is 35. The molecule has 1 rings (SSSR count). The van der Waals surface area contributed by atoms with Gasteiger partial charge in [-0.3, -0.25) is 18.6 Å². The minimum Gasteiger partial charge on any atom is -0.462 e. The number of hydrogen-bond donors (Lipinski definition) is 5. The second kappa shape index (κ2) is 35.1. The molecule has 1 aliphatic rings. The SMILES string of the molecule is CCCCC/C=C\C/C=C\C/C=C\C/C=C\CCCC(=O)O[C@H](COC(=O)CCC/C=C/C[C@@H]1[C@@H](/C=C/[C@@H](O)CCCCC)[C@H](O)C[C@@H]1O)COP(=O)(O)OCCN. The molecule has 0 aromatic rings. The van der Waals surface area contributed by atoms with Crippen LogP contribution in [-0.2, 0) is 32.7 Å². The molecule has 12 nitrogen and oxygen atoms in total. The van der Waals surface area contributed by atoms with E-state index < -0.39 is 50.8 Å². The summed E-state index contributed by atoms with van der Waals surface area (Å²) in [5, 5.41) is 31.3. The molecule has 0 bridgehead atoms. The lowest BCUT2D eigenvalue weighted by molar-refractivity contribution is -0.161. The van der Waals surface area contributed by atoms with Crippen molar-refractivity contribution in [2.24, 2.45) is 17.6 Å². The second-order valence-corrected chi connectivity index (χ2v) is 16.3. The lowest BCUT2D eigenvalue weighted by atomic mass is 9.89. The number of carbonyl (C=O) groups excluding carboxylic acids is 2. The Kier molecular flexibility index (Phi) is 32.3. The van der Waals surface area contributed by atoms with Crippen molar-refractivity contribution < 1.29 is 52.9 Å². The van der Waals surface area contributed by atoms with Crippen molar-refractivity contribution in [1.82, 2.24) is 0 Å². The quantitative estimate of drug-likeness (QED) is 0.0177. The third-order valence-corrected chi connectivity index (χ3v) is 10.6. The maximum atomic E-state index is 12.6. The summed E-state index contributed by atoms with van der Waals surface area (Å²) < 4.78 is 32.7. The Hall–Kier alpha value is -2.67. The van der Waals surface area contributed by atoms with Crippen LogP contribution in [0, 0.1) is 11.8 Å². The van der Waals surface area contributed by atoms with Crippen molar-refractivity contribution in [2.75, 3.05) is 26.4 Å². The molecular weight excluding hydrogens is 761 g/mol. The highest BCUT2D eigenvalue weighted by molar-refractivity contribution is 7.47. The second-order valence-electron chi connectivity index (χ2n) is 14.8. The van der Waals surface area contributed by atoms with Gasteiger partial charge in [0, 0.05) is 31.7 Å². The molecule has 0 radical (unpaired) electrons. The van der Waals surface area contributed by atoms with Gasteiger partial charge in [0.25, 0.3) is 0 Å². The Labute approximate surface area is 348 Å². The Morgan fingerprint density at radius 3 is 1.93 bits per heavy atom. The van der Waals surface area contributed by atoms with Gasteiger partial charge in [0.15, 0.2) is 6.10 Å². The van der Waals surface area contributed by atoms with Crippen LogP contribution in [-0.4, -0.2) is 82.9 Å². The van der Waals surface area contributed by atoms with E-state index in [4.69, 9.17) is 24.3 Å². The third-order valence-electron chi connectivity index (χ3n) is 9.63. The van der Waals surface area contributed by atoms with E-state index in [2.05, 4.69) is 50.3 Å². The average Bonchev–Trinajstić information content (AvgIpc) is 3.47. The topological polar surface area (TPSA) is 195 Å². The van der Waals surface area contributed by atoms with Gasteiger partial charge < -0.3 is 35.4 Å². The molecule has 0 saturated heterocycles. The van der Waals surface area contributed by atoms with Gasteiger partial charge >= 0.3 is 19.8 Å². The Balaban J connectivity index is 2.46. The van der Waals surface area contributed by atoms with E-state index in [0.717, 1.165) is 44.9 Å². The van der Waals surface area contributed by atoms with Crippen LogP contribution in [0.15, 0.2) is 72.9 Å². The number of aliphatic hydroxyl groups excluding tert-OH is 3. The lowest BCUT2D eigenvalue weighted by Gasteiger charge is -2.20. The van der Waals surface area contributed by atoms with Crippen molar-refractivity contribution in [3.8, 4) is 0 Å². The predicted octanol–water partition coefficient (Wildman–Crippen LogP) is 8.65. The summed E-state index contributed by atoms with van der Waals surface area (Å²) in [6, 6.07) is 0. The van der Waals surface area contributed by atoms with Gasteiger partial charge in [-0.2, -0.15) is 0 Å². The maximum Gasteiger partial charge on any atom is 0.472 e. The van der Waals surface area contributed by atoms with E-state index in [1.54, 1.807) is 6.08 Å². The standard InChI is InChI=1S/C45H76NO11P/c1-3-5-7-8-9-10-11-12-13-14-15-16-17-18-19-20-26-30-45(51)57-39(37-56-58(52,53)55-34-33-46)36-54-44(50)29-25-22-21-24-28-40-41(43(49)35-42(40)48)32-31-38(47)27-23-6-4-2/h9-10,12-13,15-16,18-19,21,24,31-32,38-43,47-49H,3-8,11,14,17,20,22-23,25-30,33-37,46H2,1-2H3,(H,52,53)/b10-9-,13-12-,16-15-,19-18-,24-21+,32-31+/t38-,39+,40+,41+,42-,43+/m0/s1. The van der Waals surface area contributed by atoms with Gasteiger partial charge in [0.05, 0.1) is 31.5 Å². The summed E-state index contributed by atoms with van der Waals surface area (Å²) in [6.07, 6.45) is 36.1. The van der Waals surface area contributed by atoms with E-state index in [-0.39, 0.29) is 50.9 Å². The summed E-state index contributed by atoms with van der Waals surface area (Å²) in [5.41, 5.74) is 5.34. The molecule has 1 saturated carbocycles. The van der Waals surface area contributed by atoms with Crippen LogP contribution in [0.2, 0.25) is 0 Å². The number of ether oxygens (including phenoxy) is 2. The summed E-state index contributed by atoms with van der Waals surface area (Å²) in [7, 11) is -4.46. The first-order valence-electron chi connectivity index (χ1n) is 21.7. The molecule has 0 amide bonds. The van der Waals surface area contributed by atoms with Crippen molar-refractivity contribution in [3.05, 3.63) is 72.9 Å². The smallest absolute Gasteiger partial charge is 0.462 e. The van der Waals surface area contributed by atoms with Gasteiger partial charge in [-0.25, -0.2) is 4.57 Å². The van der Waals surface area contributed by atoms with Crippen LogP contribution in [0.5, 0.6) is 0 Å². The van der Waals surface area contributed by atoms with Gasteiger partial charge in [-0.1, -0.05) is 119 Å². The number of allylic oxidation sites excluding steroid dienone is 10. The van der Waals surface area contributed by atoms with Crippen LogP contribution < -0.4 is 5.73 Å². The number of phosphoric acid groups is 1. The molecule has 0 heterocycles. The van der Waals surface area contributed by atoms with E-state index in [0.29, 0.717) is 38.5 Å². The molecular formula is C45H76NO11P. The summed E-state index contributed by atoms with van der Waals surface area (Å²) >= 11 is 0. The fraction of sp³-hybridized carbons (Fsp3) is 0.689. The number of nitrogens with two attached hydrogens (primary N) is 1. The molecule has 0 aromatic heterocycles. The molecule has 1 unspecified atom stereocenters. The van der Waals surface area contributed by atoms with Crippen molar-refractivity contribution >= 4 is 19.8 Å². The molecule has 1 fully saturated rings. The Morgan fingerprint density at radius 2 is 1.31 bits per heavy atom. The largest absolute Gasteiger partial charge is 0.472 e. The van der Waals surface area contributed by atoms with Crippen LogP contribution >= 0.6 is 7.82 Å². The number of hydrogen-bond acceptors (Lipinski definition) is 11. The van der Waals surface area contributed by atoms with Gasteiger partial charge in [0.2, 0.25) is 0 Å². The molecule has 6 N–H and O–H groups in total. The van der Waals surface area contributed by atoms with Crippen molar-refractivity contribution in [2.45, 2.75) is 160 Å². The average molecular weight is 838 g/mol. The van der Waals surface area contributed by atoms with Crippen LogP contribution in [0.25, 0.3) is 0 Å². The van der Waals surface area contributed by atoms with E-state index in [1.807, 2.05) is 30.4 Å². The predicted molar refractivity (Wildman–Crippen MR) is 231 cm³/mol. The minimum absolute atomic E-state index is 0.00630. The van der Waals surface area contributed by atoms with E-state index >= 15 is 0 Å².